The van der Waals surface area contributed by atoms with Crippen molar-refractivity contribution in [1.82, 2.24) is 10.3 Å². The number of aryl methyl sites for hydroxylation is 1. The molecule has 1 aromatic rings. The highest BCUT2D eigenvalue weighted by Crippen LogP contribution is 2.26. The summed E-state index contributed by atoms with van der Waals surface area (Å²) in [6, 6.07) is 4.70. The third-order valence-electron chi connectivity index (χ3n) is 3.36. The molecule has 0 amide bonds. The standard InChI is InChI=1S/C16H26N2O/c1-5-6-12-7-8-15(17-11-12)19-14-9-13(10-14)18-16(2,3)4/h7-8,11,13-14,18H,5-6,9-10H2,1-4H3/t13-,14-. The number of nitrogens with one attached hydrogen (secondary N) is 1. The Bertz CT molecular complexity index is 388. The van der Waals surface area contributed by atoms with Gasteiger partial charge in [-0.2, -0.15) is 0 Å². The molecule has 0 aromatic carbocycles. The number of pyridine rings is 1. The van der Waals surface area contributed by atoms with Crippen molar-refractivity contribution in [3.8, 4) is 5.88 Å². The lowest BCUT2D eigenvalue weighted by molar-refractivity contribution is 0.0694. The monoisotopic (exact) mass is 262 g/mol. The Hall–Kier alpha value is -1.09. The Morgan fingerprint density at radius 2 is 2.05 bits per heavy atom. The van der Waals surface area contributed by atoms with Crippen molar-refractivity contribution < 1.29 is 4.74 Å². The molecule has 0 unspecified atom stereocenters. The van der Waals surface area contributed by atoms with Crippen LogP contribution in [0.15, 0.2) is 18.3 Å². The van der Waals surface area contributed by atoms with Gasteiger partial charge in [0.1, 0.15) is 6.10 Å². The lowest BCUT2D eigenvalue weighted by Crippen LogP contribution is -2.53. The van der Waals surface area contributed by atoms with E-state index in [9.17, 15) is 0 Å². The van der Waals surface area contributed by atoms with Crippen LogP contribution in [-0.4, -0.2) is 22.7 Å². The maximum atomic E-state index is 5.88. The third kappa shape index (κ3) is 4.50. The summed E-state index contributed by atoms with van der Waals surface area (Å²) < 4.78 is 5.88. The van der Waals surface area contributed by atoms with Gasteiger partial charge in [0.05, 0.1) is 0 Å². The highest BCUT2D eigenvalue weighted by atomic mass is 16.5. The van der Waals surface area contributed by atoms with Crippen LogP contribution in [0.25, 0.3) is 0 Å². The lowest BCUT2D eigenvalue weighted by Gasteiger charge is -2.39. The largest absolute Gasteiger partial charge is 0.474 e. The number of ether oxygens (including phenoxy) is 1. The minimum absolute atomic E-state index is 0.190. The van der Waals surface area contributed by atoms with Crippen LogP contribution in [0.4, 0.5) is 0 Å². The van der Waals surface area contributed by atoms with E-state index < -0.39 is 0 Å². The fourth-order valence-corrected chi connectivity index (χ4v) is 2.48. The molecule has 3 nitrogen and oxygen atoms in total. The van der Waals surface area contributed by atoms with Gasteiger partial charge in [-0.05, 0) is 45.6 Å². The van der Waals surface area contributed by atoms with Crippen LogP contribution in [0.2, 0.25) is 0 Å². The first-order valence-corrected chi connectivity index (χ1v) is 7.35. The van der Waals surface area contributed by atoms with E-state index in [1.165, 1.54) is 5.56 Å². The molecule has 2 rings (SSSR count). The van der Waals surface area contributed by atoms with Gasteiger partial charge in [0.15, 0.2) is 0 Å². The second-order valence-corrected chi connectivity index (χ2v) is 6.56. The molecule has 3 heteroatoms. The van der Waals surface area contributed by atoms with E-state index in [1.54, 1.807) is 0 Å². The molecule has 1 N–H and O–H groups in total. The summed E-state index contributed by atoms with van der Waals surface area (Å²) in [5, 5.41) is 3.60. The molecule has 1 heterocycles. The average Bonchev–Trinajstić information content (AvgIpc) is 2.27. The van der Waals surface area contributed by atoms with Crippen LogP contribution in [0, 0.1) is 0 Å². The maximum absolute atomic E-state index is 5.88. The molecule has 0 radical (unpaired) electrons. The summed E-state index contributed by atoms with van der Waals surface area (Å²) in [5.41, 5.74) is 1.48. The van der Waals surface area contributed by atoms with Crippen LogP contribution >= 0.6 is 0 Å². The van der Waals surface area contributed by atoms with Gasteiger partial charge in [-0.1, -0.05) is 19.4 Å². The Balaban J connectivity index is 1.75. The second kappa shape index (κ2) is 5.91. The van der Waals surface area contributed by atoms with Crippen LogP contribution < -0.4 is 10.1 Å². The molecule has 1 aliphatic carbocycles. The van der Waals surface area contributed by atoms with Crippen molar-refractivity contribution >= 4 is 0 Å². The highest BCUT2D eigenvalue weighted by Gasteiger charge is 2.33. The van der Waals surface area contributed by atoms with Gasteiger partial charge in [-0.25, -0.2) is 4.98 Å². The van der Waals surface area contributed by atoms with E-state index in [4.69, 9.17) is 4.74 Å². The zero-order chi connectivity index (χ0) is 13.9. The van der Waals surface area contributed by atoms with E-state index in [-0.39, 0.29) is 5.54 Å². The highest BCUT2D eigenvalue weighted by molar-refractivity contribution is 5.18. The molecule has 1 fully saturated rings. The second-order valence-electron chi connectivity index (χ2n) is 6.56. The normalized spacial score (nSPS) is 22.9. The van der Waals surface area contributed by atoms with Gasteiger partial charge in [-0.3, -0.25) is 0 Å². The Morgan fingerprint density at radius 1 is 1.32 bits per heavy atom. The molecule has 0 bridgehead atoms. The summed E-state index contributed by atoms with van der Waals surface area (Å²) in [6.07, 6.45) is 6.66. The van der Waals surface area contributed by atoms with Crippen molar-refractivity contribution in [3.63, 3.8) is 0 Å². The fraction of sp³-hybridized carbons (Fsp3) is 0.688. The fourth-order valence-electron chi connectivity index (χ4n) is 2.48. The number of rotatable bonds is 5. The van der Waals surface area contributed by atoms with E-state index >= 15 is 0 Å². The summed E-state index contributed by atoms with van der Waals surface area (Å²) >= 11 is 0. The zero-order valence-electron chi connectivity index (χ0n) is 12.6. The number of nitrogens with zero attached hydrogens (tertiary/aromatic N) is 1. The summed E-state index contributed by atoms with van der Waals surface area (Å²) in [4.78, 5) is 4.38. The molecule has 0 spiro atoms. The quantitative estimate of drug-likeness (QED) is 0.883. The van der Waals surface area contributed by atoms with Crippen molar-refractivity contribution in [3.05, 3.63) is 23.9 Å². The van der Waals surface area contributed by atoms with Gasteiger partial charge >= 0.3 is 0 Å². The van der Waals surface area contributed by atoms with Crippen LogP contribution in [0.3, 0.4) is 0 Å². The summed E-state index contributed by atoms with van der Waals surface area (Å²) in [7, 11) is 0. The maximum Gasteiger partial charge on any atom is 0.213 e. The predicted octanol–water partition coefficient (Wildman–Crippen LogP) is 3.33. The average molecular weight is 262 g/mol. The van der Waals surface area contributed by atoms with Gasteiger partial charge in [0.25, 0.3) is 0 Å². The first-order chi connectivity index (χ1) is 8.96. The predicted molar refractivity (Wildman–Crippen MR) is 78.6 cm³/mol. The number of hydrogen-bond acceptors (Lipinski definition) is 3. The van der Waals surface area contributed by atoms with E-state index in [2.05, 4.69) is 44.1 Å². The Kier molecular flexibility index (Phi) is 4.46. The van der Waals surface area contributed by atoms with E-state index in [0.717, 1.165) is 31.6 Å². The molecule has 19 heavy (non-hydrogen) atoms. The molecule has 106 valence electrons. The molecule has 0 atom stereocenters. The molecule has 1 aliphatic rings. The zero-order valence-corrected chi connectivity index (χ0v) is 12.6. The van der Waals surface area contributed by atoms with Crippen molar-refractivity contribution in [2.75, 3.05) is 0 Å². The molecule has 1 saturated carbocycles. The molecular formula is C16H26N2O. The smallest absolute Gasteiger partial charge is 0.213 e. The van der Waals surface area contributed by atoms with Gasteiger partial charge < -0.3 is 10.1 Å². The Labute approximate surface area is 116 Å². The lowest BCUT2D eigenvalue weighted by atomic mass is 9.87. The van der Waals surface area contributed by atoms with Crippen LogP contribution in [-0.2, 0) is 6.42 Å². The van der Waals surface area contributed by atoms with Gasteiger partial charge in [-0.15, -0.1) is 0 Å². The molecule has 0 aliphatic heterocycles. The minimum atomic E-state index is 0.190. The number of aromatic nitrogens is 1. The number of hydrogen-bond donors (Lipinski definition) is 1. The SMILES string of the molecule is CCCc1ccc(O[C@H]2C[C@H](NC(C)(C)C)C2)nc1. The third-order valence-corrected chi connectivity index (χ3v) is 3.36. The summed E-state index contributed by atoms with van der Waals surface area (Å²) in [5.74, 6) is 0.763. The minimum Gasteiger partial charge on any atom is -0.474 e. The van der Waals surface area contributed by atoms with Gasteiger partial charge in [0, 0.05) is 23.8 Å². The van der Waals surface area contributed by atoms with E-state index in [0.29, 0.717) is 12.1 Å². The topological polar surface area (TPSA) is 34.1 Å². The first-order valence-electron chi connectivity index (χ1n) is 7.35. The molecule has 1 aromatic heterocycles. The van der Waals surface area contributed by atoms with Crippen LogP contribution in [0.5, 0.6) is 5.88 Å². The van der Waals surface area contributed by atoms with Gasteiger partial charge in [0.2, 0.25) is 5.88 Å². The van der Waals surface area contributed by atoms with Crippen molar-refractivity contribution in [2.24, 2.45) is 0 Å². The molecule has 0 saturated heterocycles. The van der Waals surface area contributed by atoms with Crippen molar-refractivity contribution in [1.29, 1.82) is 0 Å². The van der Waals surface area contributed by atoms with Crippen LogP contribution in [0.1, 0.15) is 52.5 Å². The van der Waals surface area contributed by atoms with Crippen molar-refractivity contribution in [2.45, 2.75) is 71.1 Å². The summed E-state index contributed by atoms with van der Waals surface area (Å²) in [6.45, 7) is 8.79. The molecular weight excluding hydrogens is 236 g/mol. The Morgan fingerprint density at radius 3 is 2.58 bits per heavy atom. The first kappa shape index (κ1) is 14.3. The van der Waals surface area contributed by atoms with E-state index in [1.807, 2.05) is 12.3 Å².